The molecular formula is C27H33ClN2O2. The second-order valence-electron chi connectivity index (χ2n) is 9.44. The highest BCUT2D eigenvalue weighted by atomic mass is 35.5. The van der Waals surface area contributed by atoms with Crippen LogP contribution >= 0.6 is 11.6 Å². The van der Waals surface area contributed by atoms with E-state index in [1.807, 2.05) is 12.1 Å². The van der Waals surface area contributed by atoms with Crippen molar-refractivity contribution in [3.8, 4) is 5.75 Å². The van der Waals surface area contributed by atoms with Crippen LogP contribution in [0.5, 0.6) is 5.75 Å². The summed E-state index contributed by atoms with van der Waals surface area (Å²) in [6.45, 7) is 6.62. The summed E-state index contributed by atoms with van der Waals surface area (Å²) in [5.41, 5.74) is 9.25. The number of ether oxygens (including phenoxy) is 1. The van der Waals surface area contributed by atoms with E-state index in [1.165, 1.54) is 11.1 Å². The molecule has 1 aliphatic rings. The van der Waals surface area contributed by atoms with Crippen molar-refractivity contribution in [3.05, 3.63) is 75.2 Å². The molecule has 1 fully saturated rings. The molecule has 0 unspecified atom stereocenters. The SMILES string of the molecule is CC[C@@H](N)[C@]1(c2ccc(C(C)C)cc2)CC[C@@H](Oc2cc3cc[nH]c(=O)c3cc2Cl)CC1. The maximum absolute atomic E-state index is 12.0. The summed E-state index contributed by atoms with van der Waals surface area (Å²) in [5.74, 6) is 1.16. The van der Waals surface area contributed by atoms with Crippen LogP contribution in [0, 0.1) is 0 Å². The summed E-state index contributed by atoms with van der Waals surface area (Å²) >= 11 is 6.46. The number of pyridine rings is 1. The van der Waals surface area contributed by atoms with E-state index in [0.717, 1.165) is 37.5 Å². The maximum atomic E-state index is 12.0. The minimum absolute atomic E-state index is 0.0232. The van der Waals surface area contributed by atoms with Gasteiger partial charge in [0.1, 0.15) is 5.75 Å². The van der Waals surface area contributed by atoms with Crippen molar-refractivity contribution >= 4 is 22.4 Å². The standard InChI is InChI=1S/C27H33ClN2O2/c1-4-25(29)27(20-7-5-18(6-8-20)17(2)3)12-9-21(10-13-27)32-24-15-19-11-14-30-26(31)22(19)16-23(24)28/h5-8,11,14-17,21,25H,4,9-10,12-13,29H2,1-3H3,(H,30,31)/t21-,25-,27-/m1/s1. The number of halogens is 1. The third kappa shape index (κ3) is 4.31. The number of benzene rings is 2. The third-order valence-electron chi connectivity index (χ3n) is 7.25. The number of H-pyrrole nitrogens is 1. The van der Waals surface area contributed by atoms with Crippen LogP contribution < -0.4 is 16.0 Å². The zero-order chi connectivity index (χ0) is 22.9. The molecule has 1 heterocycles. The molecule has 3 aromatic rings. The first kappa shape index (κ1) is 22.9. The summed E-state index contributed by atoms with van der Waals surface area (Å²) in [5, 5.41) is 1.88. The topological polar surface area (TPSA) is 68.1 Å². The van der Waals surface area contributed by atoms with Crippen molar-refractivity contribution < 1.29 is 4.74 Å². The molecule has 170 valence electrons. The summed E-state index contributed by atoms with van der Waals surface area (Å²) in [6, 6.07) is 14.6. The van der Waals surface area contributed by atoms with Crippen LogP contribution in [-0.2, 0) is 5.41 Å². The quantitative estimate of drug-likeness (QED) is 0.461. The van der Waals surface area contributed by atoms with Gasteiger partial charge in [0.05, 0.1) is 11.1 Å². The molecule has 0 radical (unpaired) electrons. The van der Waals surface area contributed by atoms with Gasteiger partial charge in [-0.1, -0.05) is 56.6 Å². The summed E-state index contributed by atoms with van der Waals surface area (Å²) in [4.78, 5) is 14.7. The lowest BCUT2D eigenvalue weighted by Gasteiger charge is -2.44. The van der Waals surface area contributed by atoms with Gasteiger partial charge < -0.3 is 15.5 Å². The van der Waals surface area contributed by atoms with E-state index >= 15 is 0 Å². The van der Waals surface area contributed by atoms with Crippen LogP contribution in [0.4, 0.5) is 0 Å². The van der Waals surface area contributed by atoms with Crippen molar-refractivity contribution in [2.75, 3.05) is 0 Å². The lowest BCUT2D eigenvalue weighted by atomic mass is 9.63. The lowest BCUT2D eigenvalue weighted by molar-refractivity contribution is 0.104. The average Bonchev–Trinajstić information content (AvgIpc) is 2.80. The number of rotatable bonds is 6. The molecule has 1 saturated carbocycles. The largest absolute Gasteiger partial charge is 0.489 e. The highest BCUT2D eigenvalue weighted by Crippen LogP contribution is 2.44. The number of hydrogen-bond donors (Lipinski definition) is 2. The van der Waals surface area contributed by atoms with Gasteiger partial charge in [-0.3, -0.25) is 4.79 Å². The first-order valence-electron chi connectivity index (χ1n) is 11.7. The molecule has 2 aromatic carbocycles. The van der Waals surface area contributed by atoms with Crippen LogP contribution in [0.1, 0.15) is 69.9 Å². The van der Waals surface area contributed by atoms with Gasteiger partial charge in [-0.05, 0) is 72.7 Å². The van der Waals surface area contributed by atoms with Crippen LogP contribution in [0.25, 0.3) is 10.8 Å². The van der Waals surface area contributed by atoms with Gasteiger partial charge in [0.15, 0.2) is 0 Å². The predicted molar refractivity (Wildman–Crippen MR) is 133 cm³/mol. The number of aromatic nitrogens is 1. The van der Waals surface area contributed by atoms with Crippen molar-refractivity contribution in [2.24, 2.45) is 5.73 Å². The van der Waals surface area contributed by atoms with E-state index in [0.29, 0.717) is 22.1 Å². The smallest absolute Gasteiger partial charge is 0.255 e. The zero-order valence-electron chi connectivity index (χ0n) is 19.2. The van der Waals surface area contributed by atoms with Crippen LogP contribution in [0.15, 0.2) is 53.5 Å². The van der Waals surface area contributed by atoms with E-state index < -0.39 is 0 Å². The Balaban J connectivity index is 1.54. The molecule has 0 spiro atoms. The molecule has 32 heavy (non-hydrogen) atoms. The van der Waals surface area contributed by atoms with Gasteiger partial charge in [0.2, 0.25) is 0 Å². The van der Waals surface area contributed by atoms with Gasteiger partial charge in [-0.15, -0.1) is 0 Å². The minimum atomic E-state index is -0.143. The van der Waals surface area contributed by atoms with Crippen molar-refractivity contribution in [2.45, 2.75) is 76.4 Å². The Labute approximate surface area is 195 Å². The monoisotopic (exact) mass is 452 g/mol. The van der Waals surface area contributed by atoms with Gasteiger partial charge in [0.25, 0.3) is 5.56 Å². The first-order chi connectivity index (χ1) is 15.3. The second kappa shape index (κ2) is 9.29. The molecule has 1 atom stereocenters. The van der Waals surface area contributed by atoms with Crippen LogP contribution in [-0.4, -0.2) is 17.1 Å². The Morgan fingerprint density at radius 2 is 1.84 bits per heavy atom. The molecule has 1 aliphatic carbocycles. The fourth-order valence-corrected chi connectivity index (χ4v) is 5.36. The highest BCUT2D eigenvalue weighted by molar-refractivity contribution is 6.32. The number of hydrogen-bond acceptors (Lipinski definition) is 3. The Bertz CT molecular complexity index is 1130. The molecule has 5 heteroatoms. The first-order valence-corrected chi connectivity index (χ1v) is 12.1. The molecule has 3 N–H and O–H groups in total. The fourth-order valence-electron chi connectivity index (χ4n) is 5.15. The molecule has 0 saturated heterocycles. The molecular weight excluding hydrogens is 420 g/mol. The average molecular weight is 453 g/mol. The number of nitrogens with one attached hydrogen (secondary N) is 1. The van der Waals surface area contributed by atoms with Crippen LogP contribution in [0.3, 0.4) is 0 Å². The molecule has 4 nitrogen and oxygen atoms in total. The molecule has 0 amide bonds. The van der Waals surface area contributed by atoms with Crippen molar-refractivity contribution in [3.63, 3.8) is 0 Å². The van der Waals surface area contributed by atoms with Gasteiger partial charge in [0, 0.05) is 23.0 Å². The Hall–Kier alpha value is -2.30. The number of aromatic amines is 1. The summed E-state index contributed by atoms with van der Waals surface area (Å²) in [7, 11) is 0. The zero-order valence-corrected chi connectivity index (χ0v) is 19.9. The van der Waals surface area contributed by atoms with Gasteiger partial charge >= 0.3 is 0 Å². The third-order valence-corrected chi connectivity index (χ3v) is 7.54. The summed E-state index contributed by atoms with van der Waals surface area (Å²) < 4.78 is 6.34. The Morgan fingerprint density at radius 3 is 2.47 bits per heavy atom. The van der Waals surface area contributed by atoms with Crippen molar-refractivity contribution in [1.82, 2.24) is 4.98 Å². The normalized spacial score (nSPS) is 22.2. The van der Waals surface area contributed by atoms with Crippen molar-refractivity contribution in [1.29, 1.82) is 0 Å². The molecule has 4 rings (SSSR count). The highest BCUT2D eigenvalue weighted by Gasteiger charge is 2.41. The fraction of sp³-hybridized carbons (Fsp3) is 0.444. The van der Waals surface area contributed by atoms with Crippen LogP contribution in [0.2, 0.25) is 5.02 Å². The summed E-state index contributed by atoms with van der Waals surface area (Å²) in [6.07, 6.45) is 6.49. The number of nitrogens with two attached hydrogens (primary N) is 1. The molecule has 0 bridgehead atoms. The Kier molecular flexibility index (Phi) is 6.64. The number of fused-ring (bicyclic) bond motifs is 1. The van der Waals surface area contributed by atoms with E-state index in [9.17, 15) is 4.79 Å². The minimum Gasteiger partial charge on any atom is -0.489 e. The van der Waals surface area contributed by atoms with E-state index in [1.54, 1.807) is 12.3 Å². The van der Waals surface area contributed by atoms with E-state index in [4.69, 9.17) is 22.1 Å². The predicted octanol–water partition coefficient (Wildman–Crippen LogP) is 6.30. The van der Waals surface area contributed by atoms with E-state index in [-0.39, 0.29) is 23.1 Å². The van der Waals surface area contributed by atoms with Gasteiger partial charge in [-0.2, -0.15) is 0 Å². The van der Waals surface area contributed by atoms with E-state index in [2.05, 4.69) is 50.0 Å². The Morgan fingerprint density at radius 1 is 1.16 bits per heavy atom. The molecule has 0 aliphatic heterocycles. The lowest BCUT2D eigenvalue weighted by Crippen LogP contribution is -2.48. The van der Waals surface area contributed by atoms with Gasteiger partial charge in [-0.25, -0.2) is 0 Å². The maximum Gasteiger partial charge on any atom is 0.255 e. The molecule has 1 aromatic heterocycles. The second-order valence-corrected chi connectivity index (χ2v) is 9.85.